The van der Waals surface area contributed by atoms with Gasteiger partial charge in [0, 0.05) is 12.7 Å². The molecule has 1 aromatic rings. The fraction of sp³-hybridized carbons (Fsp3) is 0.467. The zero-order chi connectivity index (χ0) is 14.9. The Morgan fingerprint density at radius 3 is 2.70 bits per heavy atom. The van der Waals surface area contributed by atoms with Crippen LogP contribution in [0.15, 0.2) is 29.3 Å². The van der Waals surface area contributed by atoms with Crippen LogP contribution in [0.4, 0.5) is 5.69 Å². The van der Waals surface area contributed by atoms with Gasteiger partial charge in [-0.2, -0.15) is 5.26 Å². The summed E-state index contributed by atoms with van der Waals surface area (Å²) in [4.78, 5) is 5.74. The number of benzene rings is 1. The summed E-state index contributed by atoms with van der Waals surface area (Å²) in [6, 6.07) is 10.2. The number of rotatable bonds is 1. The lowest BCUT2D eigenvalue weighted by Crippen LogP contribution is -2.49. The highest BCUT2D eigenvalue weighted by Crippen LogP contribution is 2.36. The number of hydrogen-bond donors (Lipinski definition) is 0. The Kier molecular flexibility index (Phi) is 4.27. The van der Waals surface area contributed by atoms with Gasteiger partial charge >= 0.3 is 0 Å². The van der Waals surface area contributed by atoms with Crippen LogP contribution in [0, 0.1) is 24.2 Å². The van der Waals surface area contributed by atoms with Crippen molar-refractivity contribution in [2.45, 2.75) is 24.1 Å². The van der Waals surface area contributed by atoms with Crippen LogP contribution in [0.25, 0.3) is 0 Å². The quantitative estimate of drug-likeness (QED) is 0.744. The number of hydrogen-bond acceptors (Lipinski definition) is 3. The molecule has 1 aliphatic heterocycles. The van der Waals surface area contributed by atoms with Crippen molar-refractivity contribution in [2.75, 3.05) is 18.5 Å². The van der Waals surface area contributed by atoms with Crippen LogP contribution >= 0.6 is 23.2 Å². The highest BCUT2D eigenvalue weighted by Gasteiger charge is 2.44. The largest absolute Gasteiger partial charge is 0.332 e. The molecule has 3 nitrogen and oxygen atoms in total. The molecule has 0 saturated heterocycles. The van der Waals surface area contributed by atoms with E-state index in [1.54, 1.807) is 0 Å². The molecule has 0 spiro atoms. The topological polar surface area (TPSA) is 39.4 Å². The minimum atomic E-state index is -0.711. The molecule has 0 N–H and O–H groups in total. The average Bonchev–Trinajstić information content (AvgIpc) is 2.38. The molecule has 0 fully saturated rings. The first-order valence-corrected chi connectivity index (χ1v) is 7.26. The Labute approximate surface area is 129 Å². The van der Waals surface area contributed by atoms with Crippen molar-refractivity contribution in [2.24, 2.45) is 10.9 Å². The van der Waals surface area contributed by atoms with Crippen LogP contribution in [0.5, 0.6) is 0 Å². The number of nitriles is 1. The van der Waals surface area contributed by atoms with Gasteiger partial charge in [-0.05, 0) is 25.5 Å². The Morgan fingerprint density at radius 1 is 1.45 bits per heavy atom. The fourth-order valence-corrected chi connectivity index (χ4v) is 3.28. The third-order valence-electron chi connectivity index (χ3n) is 3.70. The normalized spacial score (nSPS) is 29.5. The second kappa shape index (κ2) is 5.63. The molecule has 5 heteroatoms. The van der Waals surface area contributed by atoms with E-state index in [9.17, 15) is 5.26 Å². The molecule has 0 radical (unpaired) electrons. The molecule has 0 amide bonds. The zero-order valence-corrected chi connectivity index (χ0v) is 13.3. The van der Waals surface area contributed by atoms with Crippen molar-refractivity contribution in [3.05, 3.63) is 29.8 Å². The molecule has 0 aliphatic carbocycles. The molecule has 0 aromatic heterocycles. The zero-order valence-electron chi connectivity index (χ0n) is 11.8. The van der Waals surface area contributed by atoms with Crippen molar-refractivity contribution in [3.8, 4) is 6.07 Å². The minimum absolute atomic E-state index is 0.390. The average molecular weight is 310 g/mol. The van der Waals surface area contributed by atoms with E-state index >= 15 is 0 Å². The van der Waals surface area contributed by atoms with Gasteiger partial charge in [0.05, 0.1) is 23.4 Å². The number of halogens is 2. The Hall–Kier alpha value is -1.24. The Balaban J connectivity index is 2.37. The predicted octanol–water partition coefficient (Wildman–Crippen LogP) is 3.59. The van der Waals surface area contributed by atoms with Gasteiger partial charge in [-0.3, -0.25) is 4.99 Å². The van der Waals surface area contributed by atoms with Gasteiger partial charge in [-0.25, -0.2) is 0 Å². The maximum absolute atomic E-state index is 9.33. The molecular weight excluding hydrogens is 293 g/mol. The van der Waals surface area contributed by atoms with Crippen molar-refractivity contribution < 1.29 is 0 Å². The second-order valence-corrected chi connectivity index (χ2v) is 6.64. The van der Waals surface area contributed by atoms with Gasteiger partial charge in [0.15, 0.2) is 0 Å². The summed E-state index contributed by atoms with van der Waals surface area (Å²) < 4.78 is 0. The van der Waals surface area contributed by atoms with Crippen LogP contribution in [0.2, 0.25) is 0 Å². The van der Waals surface area contributed by atoms with E-state index in [0.29, 0.717) is 12.4 Å². The van der Waals surface area contributed by atoms with Gasteiger partial charge in [0.1, 0.15) is 11.2 Å². The van der Waals surface area contributed by atoms with Crippen LogP contribution in [0.3, 0.4) is 0 Å². The van der Waals surface area contributed by atoms with Crippen molar-refractivity contribution in [3.63, 3.8) is 0 Å². The van der Waals surface area contributed by atoms with E-state index in [1.807, 2.05) is 50.1 Å². The highest BCUT2D eigenvalue weighted by atomic mass is 35.5. The van der Waals surface area contributed by atoms with Crippen molar-refractivity contribution in [1.29, 1.82) is 5.26 Å². The van der Waals surface area contributed by atoms with Gasteiger partial charge in [0.2, 0.25) is 0 Å². The lowest BCUT2D eigenvalue weighted by Gasteiger charge is -2.37. The number of anilines is 1. The number of aliphatic imine (C=N–C) groups is 1. The molecule has 2 rings (SSSR count). The molecule has 0 bridgehead atoms. The lowest BCUT2D eigenvalue weighted by molar-refractivity contribution is 0.480. The van der Waals surface area contributed by atoms with Crippen LogP contribution in [-0.2, 0) is 0 Å². The molecule has 1 aromatic carbocycles. The summed E-state index contributed by atoms with van der Waals surface area (Å²) in [7, 11) is 1.92. The maximum Gasteiger partial charge on any atom is 0.123 e. The smallest absolute Gasteiger partial charge is 0.123 e. The molecule has 0 saturated carbocycles. The number of amidine groups is 1. The molecule has 3 atom stereocenters. The van der Waals surface area contributed by atoms with Crippen LogP contribution < -0.4 is 4.90 Å². The first-order valence-electron chi connectivity index (χ1n) is 6.45. The van der Waals surface area contributed by atoms with Gasteiger partial charge in [0.25, 0.3) is 0 Å². The third-order valence-corrected chi connectivity index (χ3v) is 4.50. The Morgan fingerprint density at radius 2 is 2.10 bits per heavy atom. The van der Waals surface area contributed by atoms with Gasteiger partial charge in [-0.15, -0.1) is 23.2 Å². The molecule has 1 aliphatic rings. The first kappa shape index (κ1) is 15.2. The molecular formula is C15H17Cl2N3. The molecule has 20 heavy (non-hydrogen) atoms. The number of nitrogens with zero attached hydrogens (tertiary/aromatic N) is 3. The summed E-state index contributed by atoms with van der Waals surface area (Å²) in [6.45, 7) is 4.24. The minimum Gasteiger partial charge on any atom is -0.332 e. The summed E-state index contributed by atoms with van der Waals surface area (Å²) in [5, 5.41) is 8.82. The molecule has 3 unspecified atom stereocenters. The van der Waals surface area contributed by atoms with E-state index in [1.165, 1.54) is 0 Å². The number of para-hydroxylation sites is 1. The summed E-state index contributed by atoms with van der Waals surface area (Å²) in [5.41, 5.74) is 2.17. The van der Waals surface area contributed by atoms with E-state index in [0.717, 1.165) is 11.3 Å². The summed E-state index contributed by atoms with van der Waals surface area (Å²) in [6.07, 6.45) is 0. The number of alkyl halides is 2. The van der Waals surface area contributed by atoms with E-state index in [-0.39, 0.29) is 0 Å². The lowest BCUT2D eigenvalue weighted by atomic mass is 9.87. The molecule has 106 valence electrons. The number of aryl methyl sites for hydroxylation is 1. The SMILES string of the molecule is Cc1ccccc1N(C)C1=NCC(C)(Cl)C(C#N)C1Cl. The highest BCUT2D eigenvalue weighted by molar-refractivity contribution is 6.36. The van der Waals surface area contributed by atoms with Gasteiger partial charge in [-0.1, -0.05) is 18.2 Å². The summed E-state index contributed by atoms with van der Waals surface area (Å²) in [5.74, 6) is 0.232. The van der Waals surface area contributed by atoms with E-state index in [2.05, 4.69) is 11.1 Å². The van der Waals surface area contributed by atoms with E-state index in [4.69, 9.17) is 23.2 Å². The first-order chi connectivity index (χ1) is 9.38. The van der Waals surface area contributed by atoms with Crippen LogP contribution in [0.1, 0.15) is 12.5 Å². The van der Waals surface area contributed by atoms with E-state index < -0.39 is 16.2 Å². The van der Waals surface area contributed by atoms with Gasteiger partial charge < -0.3 is 4.90 Å². The molecule has 1 heterocycles. The van der Waals surface area contributed by atoms with Crippen molar-refractivity contribution in [1.82, 2.24) is 0 Å². The predicted molar refractivity (Wildman–Crippen MR) is 84.9 cm³/mol. The second-order valence-electron chi connectivity index (χ2n) is 5.31. The summed E-state index contributed by atoms with van der Waals surface area (Å²) >= 11 is 12.8. The maximum atomic E-state index is 9.33. The third kappa shape index (κ3) is 2.63. The van der Waals surface area contributed by atoms with Crippen molar-refractivity contribution >= 4 is 34.7 Å². The fourth-order valence-electron chi connectivity index (χ4n) is 2.43. The monoisotopic (exact) mass is 309 g/mol. The van der Waals surface area contributed by atoms with Crippen LogP contribution in [-0.4, -0.2) is 29.7 Å². The standard InChI is InChI=1S/C15H17Cl2N3/c1-10-6-4-5-7-12(10)20(3)14-13(16)11(8-18)15(2,17)9-19-14/h4-7,11,13H,9H2,1-3H3. The Bertz CT molecular complexity index is 575.